The van der Waals surface area contributed by atoms with E-state index in [0.29, 0.717) is 41.9 Å². The van der Waals surface area contributed by atoms with Crippen LogP contribution in [-0.4, -0.2) is 60.2 Å². The van der Waals surface area contributed by atoms with Gasteiger partial charge < -0.3 is 10.3 Å². The third-order valence-corrected chi connectivity index (χ3v) is 9.07. The Bertz CT molecular complexity index is 1640. The molecule has 1 aliphatic rings. The lowest BCUT2D eigenvalue weighted by molar-refractivity contribution is 0.314. The molecular formula is C23H22BrN9O2S. The van der Waals surface area contributed by atoms with Crippen LogP contribution in [0.4, 0.5) is 5.82 Å². The Morgan fingerprint density at radius 1 is 1.11 bits per heavy atom. The number of rotatable bonds is 5. The molecule has 1 saturated heterocycles. The SMILES string of the molecule is Nc1c(Br)c(C2CCN(S(=O)(=O)c3ncn[nH]3)CC2)nc2c(-c3ccn(-c4ccccc4)c3)cnn12. The summed E-state index contributed by atoms with van der Waals surface area (Å²) in [6.07, 6.45) is 8.20. The maximum absolute atomic E-state index is 12.8. The summed E-state index contributed by atoms with van der Waals surface area (Å²) in [6, 6.07) is 12.1. The molecule has 5 heterocycles. The molecule has 0 saturated carbocycles. The van der Waals surface area contributed by atoms with E-state index in [9.17, 15) is 8.42 Å². The Labute approximate surface area is 215 Å². The summed E-state index contributed by atoms with van der Waals surface area (Å²) in [5, 5.41) is 10.4. The topological polar surface area (TPSA) is 140 Å². The Morgan fingerprint density at radius 3 is 2.61 bits per heavy atom. The van der Waals surface area contributed by atoms with Gasteiger partial charge in [0.05, 0.1) is 16.4 Å². The number of nitrogens with two attached hydrogens (primary N) is 1. The minimum Gasteiger partial charge on any atom is -0.383 e. The van der Waals surface area contributed by atoms with E-state index in [2.05, 4.69) is 36.2 Å². The molecule has 13 heteroatoms. The second-order valence-electron chi connectivity index (χ2n) is 8.60. The first-order valence-corrected chi connectivity index (χ1v) is 13.6. The molecule has 3 N–H and O–H groups in total. The second kappa shape index (κ2) is 8.84. The zero-order valence-corrected chi connectivity index (χ0v) is 21.4. The fraction of sp³-hybridized carbons (Fsp3) is 0.217. The largest absolute Gasteiger partial charge is 0.383 e. The van der Waals surface area contributed by atoms with Crippen LogP contribution in [0.3, 0.4) is 0 Å². The van der Waals surface area contributed by atoms with E-state index >= 15 is 0 Å². The third kappa shape index (κ3) is 3.79. The van der Waals surface area contributed by atoms with E-state index in [-0.39, 0.29) is 11.1 Å². The van der Waals surface area contributed by atoms with Crippen LogP contribution in [-0.2, 0) is 10.0 Å². The predicted molar refractivity (Wildman–Crippen MR) is 137 cm³/mol. The molecule has 0 radical (unpaired) electrons. The monoisotopic (exact) mass is 567 g/mol. The Morgan fingerprint density at radius 2 is 1.89 bits per heavy atom. The van der Waals surface area contributed by atoms with Gasteiger partial charge in [0.25, 0.3) is 15.2 Å². The van der Waals surface area contributed by atoms with Crippen molar-refractivity contribution >= 4 is 37.4 Å². The van der Waals surface area contributed by atoms with Crippen molar-refractivity contribution in [3.05, 3.63) is 71.5 Å². The number of nitrogens with one attached hydrogen (secondary N) is 1. The number of H-pyrrole nitrogens is 1. The molecule has 36 heavy (non-hydrogen) atoms. The summed E-state index contributed by atoms with van der Waals surface area (Å²) in [4.78, 5) is 8.79. The van der Waals surface area contributed by atoms with Crippen molar-refractivity contribution < 1.29 is 8.42 Å². The molecular weight excluding hydrogens is 546 g/mol. The average Bonchev–Trinajstić information content (AvgIpc) is 3.67. The first-order chi connectivity index (χ1) is 17.4. The van der Waals surface area contributed by atoms with Crippen LogP contribution in [0.5, 0.6) is 0 Å². The molecule has 1 aliphatic heterocycles. The summed E-state index contributed by atoms with van der Waals surface area (Å²) in [5.41, 5.74) is 10.8. The third-order valence-electron chi connectivity index (χ3n) is 6.52. The van der Waals surface area contributed by atoms with Gasteiger partial charge in [-0.3, -0.25) is 0 Å². The first-order valence-electron chi connectivity index (χ1n) is 11.4. The molecule has 0 unspecified atom stereocenters. The fourth-order valence-corrected chi connectivity index (χ4v) is 6.48. The van der Waals surface area contributed by atoms with Crippen LogP contribution < -0.4 is 5.73 Å². The van der Waals surface area contributed by atoms with Gasteiger partial charge in [-0.2, -0.15) is 19.0 Å². The summed E-state index contributed by atoms with van der Waals surface area (Å²) in [7, 11) is -3.70. The van der Waals surface area contributed by atoms with E-state index in [0.717, 1.165) is 22.5 Å². The van der Waals surface area contributed by atoms with Gasteiger partial charge in [-0.05, 0) is 47.0 Å². The van der Waals surface area contributed by atoms with E-state index in [1.54, 1.807) is 10.7 Å². The Kier molecular flexibility index (Phi) is 5.62. The fourth-order valence-electron chi connectivity index (χ4n) is 4.61. The highest BCUT2D eigenvalue weighted by Gasteiger charge is 2.33. The van der Waals surface area contributed by atoms with Crippen molar-refractivity contribution in [3.8, 4) is 16.8 Å². The summed E-state index contributed by atoms with van der Waals surface area (Å²) in [5.74, 6) is 0.491. The van der Waals surface area contributed by atoms with Crippen molar-refractivity contribution in [2.75, 3.05) is 18.8 Å². The van der Waals surface area contributed by atoms with Crippen LogP contribution in [0.1, 0.15) is 24.5 Å². The van der Waals surface area contributed by atoms with E-state index in [1.165, 1.54) is 10.6 Å². The van der Waals surface area contributed by atoms with Crippen LogP contribution >= 0.6 is 15.9 Å². The molecule has 0 amide bonds. The lowest BCUT2D eigenvalue weighted by Crippen LogP contribution is -2.38. The van der Waals surface area contributed by atoms with Crippen LogP contribution in [0.25, 0.3) is 22.5 Å². The number of halogens is 1. The normalized spacial score (nSPS) is 15.6. The summed E-state index contributed by atoms with van der Waals surface area (Å²) >= 11 is 3.62. The van der Waals surface area contributed by atoms with Gasteiger partial charge in [0, 0.05) is 48.2 Å². The number of piperidine rings is 1. The number of aromatic amines is 1. The number of sulfonamides is 1. The number of aromatic nitrogens is 7. The van der Waals surface area contributed by atoms with Gasteiger partial charge in [0.1, 0.15) is 12.1 Å². The Hall–Kier alpha value is -3.55. The lowest BCUT2D eigenvalue weighted by Gasteiger charge is -2.30. The van der Waals surface area contributed by atoms with Crippen LogP contribution in [0, 0.1) is 0 Å². The summed E-state index contributed by atoms with van der Waals surface area (Å²) in [6.45, 7) is 0.692. The summed E-state index contributed by atoms with van der Waals surface area (Å²) < 4.78 is 31.4. The van der Waals surface area contributed by atoms with Crippen molar-refractivity contribution in [1.29, 1.82) is 0 Å². The number of para-hydroxylation sites is 1. The minimum atomic E-state index is -3.70. The van der Waals surface area contributed by atoms with Crippen LogP contribution in [0.2, 0.25) is 0 Å². The lowest BCUT2D eigenvalue weighted by atomic mass is 9.94. The average molecular weight is 568 g/mol. The smallest absolute Gasteiger partial charge is 0.278 e. The zero-order valence-electron chi connectivity index (χ0n) is 19.0. The highest BCUT2D eigenvalue weighted by Crippen LogP contribution is 2.37. The molecule has 1 aromatic carbocycles. The van der Waals surface area contributed by atoms with Crippen molar-refractivity contribution in [2.24, 2.45) is 0 Å². The van der Waals surface area contributed by atoms with Gasteiger partial charge in [-0.25, -0.2) is 23.5 Å². The molecule has 0 spiro atoms. The van der Waals surface area contributed by atoms with Crippen molar-refractivity contribution in [1.82, 2.24) is 38.7 Å². The van der Waals surface area contributed by atoms with Gasteiger partial charge in [-0.1, -0.05) is 18.2 Å². The molecule has 1 fully saturated rings. The number of benzene rings is 1. The molecule has 0 aliphatic carbocycles. The second-order valence-corrected chi connectivity index (χ2v) is 11.2. The molecule has 5 aromatic rings. The van der Waals surface area contributed by atoms with Crippen molar-refractivity contribution in [2.45, 2.75) is 23.9 Å². The van der Waals surface area contributed by atoms with E-state index < -0.39 is 10.0 Å². The quantitative estimate of drug-likeness (QED) is 0.332. The maximum atomic E-state index is 12.8. The number of nitrogen functional groups attached to an aromatic ring is 1. The van der Waals surface area contributed by atoms with Crippen LogP contribution in [0.15, 0.2) is 70.9 Å². The molecule has 0 bridgehead atoms. The maximum Gasteiger partial charge on any atom is 0.278 e. The van der Waals surface area contributed by atoms with Gasteiger partial charge in [0.15, 0.2) is 5.65 Å². The highest BCUT2D eigenvalue weighted by molar-refractivity contribution is 9.10. The molecule has 6 rings (SSSR count). The van der Waals surface area contributed by atoms with Gasteiger partial charge in [0.2, 0.25) is 0 Å². The molecule has 11 nitrogen and oxygen atoms in total. The number of hydrogen-bond acceptors (Lipinski definition) is 7. The zero-order chi connectivity index (χ0) is 24.9. The van der Waals surface area contributed by atoms with Gasteiger partial charge in [-0.15, -0.1) is 0 Å². The van der Waals surface area contributed by atoms with Gasteiger partial charge >= 0.3 is 0 Å². The number of fused-ring (bicyclic) bond motifs is 1. The standard InChI is InChI=1S/C23H22BrN9O2S/c24-19-20(15-7-10-32(11-8-15)36(34,35)23-26-14-27-30-23)29-22-18(12-28-33(22)21(19)25)16-6-9-31(13-16)17-4-2-1-3-5-17/h1-6,9,12-15H,7-8,10-11,25H2,(H,26,27,30). The van der Waals surface area contributed by atoms with E-state index in [1.807, 2.05) is 53.4 Å². The van der Waals surface area contributed by atoms with E-state index in [4.69, 9.17) is 10.7 Å². The highest BCUT2D eigenvalue weighted by atomic mass is 79.9. The number of nitrogens with zero attached hydrogens (tertiary/aromatic N) is 7. The Balaban J connectivity index is 1.31. The number of anilines is 1. The first kappa shape index (κ1) is 22.9. The molecule has 0 atom stereocenters. The molecule has 184 valence electrons. The molecule has 4 aromatic heterocycles. The number of hydrogen-bond donors (Lipinski definition) is 2. The predicted octanol–water partition coefficient (Wildman–Crippen LogP) is 3.22. The minimum absolute atomic E-state index is 0.0320. The van der Waals surface area contributed by atoms with Crippen molar-refractivity contribution in [3.63, 3.8) is 0 Å².